The molecule has 1 fully saturated rings. The Morgan fingerprint density at radius 1 is 1.29 bits per heavy atom. The summed E-state index contributed by atoms with van der Waals surface area (Å²) in [6.07, 6.45) is 3.61. The third-order valence-electron chi connectivity index (χ3n) is 4.18. The van der Waals surface area contributed by atoms with Crippen LogP contribution in [0.4, 0.5) is 5.69 Å². The Bertz CT molecular complexity index is 588. The van der Waals surface area contributed by atoms with E-state index in [9.17, 15) is 9.59 Å². The number of hydrogen-bond acceptors (Lipinski definition) is 3. The third kappa shape index (κ3) is 2.96. The lowest BCUT2D eigenvalue weighted by atomic mass is 9.85. The molecule has 0 saturated heterocycles. The van der Waals surface area contributed by atoms with Crippen molar-refractivity contribution in [2.75, 3.05) is 5.32 Å². The summed E-state index contributed by atoms with van der Waals surface area (Å²) in [5.41, 5.74) is 5.18. The van der Waals surface area contributed by atoms with Gasteiger partial charge < -0.3 is 5.32 Å². The number of carbonyl (C=O) groups excluding carboxylic acids is 2. The second-order valence-electron chi connectivity index (χ2n) is 5.83. The number of hydrogen-bond donors (Lipinski definition) is 2. The molecule has 1 unspecified atom stereocenters. The van der Waals surface area contributed by atoms with Gasteiger partial charge in [-0.15, -0.1) is 0 Å². The minimum absolute atomic E-state index is 0.0457. The van der Waals surface area contributed by atoms with Gasteiger partial charge in [-0.2, -0.15) is 5.10 Å². The van der Waals surface area contributed by atoms with Gasteiger partial charge in [0, 0.05) is 23.9 Å². The molecule has 5 nitrogen and oxygen atoms in total. The van der Waals surface area contributed by atoms with Crippen LogP contribution in [0, 0.1) is 11.8 Å². The molecule has 21 heavy (non-hydrogen) atoms. The first-order valence-corrected chi connectivity index (χ1v) is 7.41. The van der Waals surface area contributed by atoms with Gasteiger partial charge >= 0.3 is 0 Å². The first kappa shape index (κ1) is 13.8. The SMILES string of the molecule is CC1CC(=O)NN=C1c1ccc(NC(=O)C2CCC2)cc1. The largest absolute Gasteiger partial charge is 0.326 e. The van der Waals surface area contributed by atoms with Crippen molar-refractivity contribution >= 4 is 23.2 Å². The topological polar surface area (TPSA) is 70.6 Å². The van der Waals surface area contributed by atoms with Crippen LogP contribution in [0.3, 0.4) is 0 Å². The van der Waals surface area contributed by atoms with E-state index >= 15 is 0 Å². The molecule has 0 radical (unpaired) electrons. The maximum atomic E-state index is 11.9. The van der Waals surface area contributed by atoms with Crippen LogP contribution in [0.2, 0.25) is 0 Å². The number of nitrogens with zero attached hydrogens (tertiary/aromatic N) is 1. The minimum atomic E-state index is -0.0457. The summed E-state index contributed by atoms with van der Waals surface area (Å²) in [7, 11) is 0. The molecule has 1 aromatic rings. The van der Waals surface area contributed by atoms with Crippen LogP contribution >= 0.6 is 0 Å². The predicted molar refractivity (Wildman–Crippen MR) is 80.9 cm³/mol. The second-order valence-corrected chi connectivity index (χ2v) is 5.83. The summed E-state index contributed by atoms with van der Waals surface area (Å²) < 4.78 is 0. The first-order valence-electron chi connectivity index (χ1n) is 7.41. The average molecular weight is 285 g/mol. The van der Waals surface area contributed by atoms with Crippen molar-refractivity contribution in [2.24, 2.45) is 16.9 Å². The number of hydrazone groups is 1. The molecule has 1 saturated carbocycles. The van der Waals surface area contributed by atoms with Crippen LogP contribution in [0.1, 0.15) is 38.2 Å². The van der Waals surface area contributed by atoms with Gasteiger partial charge in [0.15, 0.2) is 0 Å². The van der Waals surface area contributed by atoms with Gasteiger partial charge in [0.05, 0.1) is 5.71 Å². The molecule has 1 aliphatic heterocycles. The number of anilines is 1. The number of benzene rings is 1. The molecule has 2 N–H and O–H groups in total. The molecule has 110 valence electrons. The molecule has 0 aromatic heterocycles. The molecule has 1 heterocycles. The number of nitrogens with one attached hydrogen (secondary N) is 2. The monoisotopic (exact) mass is 285 g/mol. The molecular formula is C16H19N3O2. The fourth-order valence-corrected chi connectivity index (χ4v) is 2.64. The van der Waals surface area contributed by atoms with Crippen LogP contribution in [0.5, 0.6) is 0 Å². The molecule has 1 aliphatic carbocycles. The summed E-state index contributed by atoms with van der Waals surface area (Å²) in [5, 5.41) is 7.08. The Balaban J connectivity index is 1.69. The van der Waals surface area contributed by atoms with Crippen molar-refractivity contribution in [3.63, 3.8) is 0 Å². The highest BCUT2D eigenvalue weighted by atomic mass is 16.2. The van der Waals surface area contributed by atoms with Crippen molar-refractivity contribution in [1.82, 2.24) is 5.43 Å². The van der Waals surface area contributed by atoms with E-state index in [1.54, 1.807) is 0 Å². The molecular weight excluding hydrogens is 266 g/mol. The van der Waals surface area contributed by atoms with Crippen molar-refractivity contribution in [2.45, 2.75) is 32.6 Å². The van der Waals surface area contributed by atoms with E-state index < -0.39 is 0 Å². The Morgan fingerprint density at radius 2 is 2.00 bits per heavy atom. The van der Waals surface area contributed by atoms with Gasteiger partial charge in [0.2, 0.25) is 11.8 Å². The van der Waals surface area contributed by atoms with E-state index in [1.165, 1.54) is 0 Å². The van der Waals surface area contributed by atoms with Gasteiger partial charge in [-0.05, 0) is 30.5 Å². The summed E-state index contributed by atoms with van der Waals surface area (Å²) >= 11 is 0. The highest BCUT2D eigenvalue weighted by molar-refractivity contribution is 6.06. The minimum Gasteiger partial charge on any atom is -0.326 e. The van der Waals surface area contributed by atoms with E-state index in [-0.39, 0.29) is 23.7 Å². The Labute approximate surface area is 123 Å². The summed E-state index contributed by atoms with van der Waals surface area (Å²) in [6.45, 7) is 1.99. The summed E-state index contributed by atoms with van der Waals surface area (Å²) in [6, 6.07) is 7.64. The Hall–Kier alpha value is -2.17. The Kier molecular flexibility index (Phi) is 3.73. The van der Waals surface area contributed by atoms with Crippen LogP contribution < -0.4 is 10.7 Å². The van der Waals surface area contributed by atoms with Gasteiger partial charge in [0.25, 0.3) is 0 Å². The smallest absolute Gasteiger partial charge is 0.240 e. The quantitative estimate of drug-likeness (QED) is 0.894. The van der Waals surface area contributed by atoms with Gasteiger partial charge in [-0.25, -0.2) is 5.43 Å². The molecule has 5 heteroatoms. The predicted octanol–water partition coefficient (Wildman–Crippen LogP) is 2.29. The van der Waals surface area contributed by atoms with Gasteiger partial charge in [-0.1, -0.05) is 25.5 Å². The van der Waals surface area contributed by atoms with Crippen LogP contribution in [-0.2, 0) is 9.59 Å². The van der Waals surface area contributed by atoms with Crippen molar-refractivity contribution in [1.29, 1.82) is 0 Å². The van der Waals surface area contributed by atoms with E-state index in [0.29, 0.717) is 6.42 Å². The van der Waals surface area contributed by atoms with E-state index in [0.717, 1.165) is 36.2 Å². The average Bonchev–Trinajstić information content (AvgIpc) is 2.38. The number of carbonyl (C=O) groups is 2. The van der Waals surface area contributed by atoms with Crippen molar-refractivity contribution in [3.8, 4) is 0 Å². The van der Waals surface area contributed by atoms with E-state index in [1.807, 2.05) is 31.2 Å². The van der Waals surface area contributed by atoms with Crippen LogP contribution in [0.15, 0.2) is 29.4 Å². The highest BCUT2D eigenvalue weighted by Crippen LogP contribution is 2.27. The lowest BCUT2D eigenvalue weighted by Gasteiger charge is -2.24. The summed E-state index contributed by atoms with van der Waals surface area (Å²) in [4.78, 5) is 23.1. The van der Waals surface area contributed by atoms with Crippen LogP contribution in [0.25, 0.3) is 0 Å². The zero-order valence-electron chi connectivity index (χ0n) is 12.1. The van der Waals surface area contributed by atoms with Gasteiger partial charge in [-0.3, -0.25) is 9.59 Å². The van der Waals surface area contributed by atoms with Crippen molar-refractivity contribution < 1.29 is 9.59 Å². The summed E-state index contributed by atoms with van der Waals surface area (Å²) in [5.74, 6) is 0.358. The number of rotatable bonds is 3. The number of amides is 2. The molecule has 1 aromatic carbocycles. The maximum Gasteiger partial charge on any atom is 0.240 e. The van der Waals surface area contributed by atoms with Gasteiger partial charge in [0.1, 0.15) is 0 Å². The molecule has 2 amide bonds. The molecule has 1 atom stereocenters. The lowest BCUT2D eigenvalue weighted by Crippen LogP contribution is -2.32. The Morgan fingerprint density at radius 3 is 2.57 bits per heavy atom. The maximum absolute atomic E-state index is 11.9. The highest BCUT2D eigenvalue weighted by Gasteiger charge is 2.25. The first-order chi connectivity index (χ1) is 10.1. The fraction of sp³-hybridized carbons (Fsp3) is 0.438. The van der Waals surface area contributed by atoms with E-state index in [2.05, 4.69) is 15.8 Å². The zero-order chi connectivity index (χ0) is 14.8. The van der Waals surface area contributed by atoms with Crippen molar-refractivity contribution in [3.05, 3.63) is 29.8 Å². The molecule has 2 aliphatic rings. The molecule has 0 bridgehead atoms. The second kappa shape index (κ2) is 5.68. The molecule has 0 spiro atoms. The fourth-order valence-electron chi connectivity index (χ4n) is 2.64. The standard InChI is InChI=1S/C16H19N3O2/c1-10-9-14(20)18-19-15(10)11-5-7-13(8-6-11)17-16(21)12-3-2-4-12/h5-8,10,12H,2-4,9H2,1H3,(H,17,21)(H,18,20). The lowest BCUT2D eigenvalue weighted by molar-refractivity contribution is -0.122. The normalized spacial score (nSPS) is 22.0. The third-order valence-corrected chi connectivity index (χ3v) is 4.18. The molecule has 3 rings (SSSR count). The van der Waals surface area contributed by atoms with E-state index in [4.69, 9.17) is 0 Å². The zero-order valence-corrected chi connectivity index (χ0v) is 12.1. The van der Waals surface area contributed by atoms with Crippen LogP contribution in [-0.4, -0.2) is 17.5 Å².